The molecule has 6 nitrogen and oxygen atoms in total. The summed E-state index contributed by atoms with van der Waals surface area (Å²) in [7, 11) is 1.62. The van der Waals surface area contributed by atoms with Crippen molar-refractivity contribution < 1.29 is 14.3 Å². The summed E-state index contributed by atoms with van der Waals surface area (Å²) in [6.45, 7) is 7.13. The Hall–Kier alpha value is -2.73. The van der Waals surface area contributed by atoms with Crippen LogP contribution in [0, 0.1) is 6.92 Å². The summed E-state index contributed by atoms with van der Waals surface area (Å²) in [4.78, 5) is 14.8. The Bertz CT molecular complexity index is 771. The van der Waals surface area contributed by atoms with Gasteiger partial charge in [-0.3, -0.25) is 4.79 Å². The molecule has 3 rings (SSSR count). The number of morpholine rings is 1. The van der Waals surface area contributed by atoms with Crippen LogP contribution in [0.1, 0.15) is 12.5 Å². The van der Waals surface area contributed by atoms with Gasteiger partial charge in [0.25, 0.3) is 0 Å². The van der Waals surface area contributed by atoms with E-state index in [2.05, 4.69) is 15.5 Å². The van der Waals surface area contributed by atoms with Gasteiger partial charge >= 0.3 is 0 Å². The van der Waals surface area contributed by atoms with Gasteiger partial charge in [0.1, 0.15) is 11.8 Å². The van der Waals surface area contributed by atoms with Crippen molar-refractivity contribution in [2.75, 3.05) is 48.9 Å². The van der Waals surface area contributed by atoms with Gasteiger partial charge in [-0.25, -0.2) is 0 Å². The maximum absolute atomic E-state index is 12.5. The van der Waals surface area contributed by atoms with Crippen LogP contribution in [-0.4, -0.2) is 45.4 Å². The molecule has 0 radical (unpaired) electrons. The second-order valence-corrected chi connectivity index (χ2v) is 6.71. The lowest BCUT2D eigenvalue weighted by Gasteiger charge is -2.29. The fourth-order valence-corrected chi connectivity index (χ4v) is 3.06. The van der Waals surface area contributed by atoms with Crippen molar-refractivity contribution in [1.29, 1.82) is 0 Å². The van der Waals surface area contributed by atoms with E-state index >= 15 is 0 Å². The van der Waals surface area contributed by atoms with Gasteiger partial charge in [0, 0.05) is 24.5 Å². The van der Waals surface area contributed by atoms with Gasteiger partial charge in [-0.05, 0) is 55.8 Å². The van der Waals surface area contributed by atoms with Crippen LogP contribution in [0.3, 0.4) is 0 Å². The number of amides is 1. The molecule has 1 aliphatic rings. The van der Waals surface area contributed by atoms with Crippen LogP contribution in [0.4, 0.5) is 17.1 Å². The molecule has 2 aromatic rings. The van der Waals surface area contributed by atoms with E-state index in [-0.39, 0.29) is 5.91 Å². The number of benzene rings is 2. The molecular weight excluding hydrogens is 342 g/mol. The van der Waals surface area contributed by atoms with E-state index in [4.69, 9.17) is 9.47 Å². The van der Waals surface area contributed by atoms with E-state index < -0.39 is 6.04 Å². The van der Waals surface area contributed by atoms with Crippen molar-refractivity contribution in [1.82, 2.24) is 0 Å². The number of aryl methyl sites for hydroxylation is 1. The Labute approximate surface area is 160 Å². The number of hydrogen-bond donors (Lipinski definition) is 2. The molecule has 1 fully saturated rings. The molecule has 0 aliphatic carbocycles. The van der Waals surface area contributed by atoms with Crippen LogP contribution in [0.5, 0.6) is 5.75 Å². The SMILES string of the molecule is COc1ccc(C)cc1N[C@H](C)C(=O)Nc1ccc(N2CCOCC2)cc1. The molecule has 0 bridgehead atoms. The van der Waals surface area contributed by atoms with E-state index in [9.17, 15) is 4.79 Å². The normalized spacial score (nSPS) is 15.1. The summed E-state index contributed by atoms with van der Waals surface area (Å²) >= 11 is 0. The van der Waals surface area contributed by atoms with Gasteiger partial charge in [0.15, 0.2) is 0 Å². The third-order valence-corrected chi connectivity index (χ3v) is 4.63. The third kappa shape index (κ3) is 4.92. The zero-order chi connectivity index (χ0) is 19.2. The fourth-order valence-electron chi connectivity index (χ4n) is 3.06. The van der Waals surface area contributed by atoms with Crippen LogP contribution in [0.2, 0.25) is 0 Å². The highest BCUT2D eigenvalue weighted by molar-refractivity contribution is 5.96. The van der Waals surface area contributed by atoms with Gasteiger partial charge in [-0.1, -0.05) is 6.07 Å². The third-order valence-electron chi connectivity index (χ3n) is 4.63. The summed E-state index contributed by atoms with van der Waals surface area (Å²) in [6.07, 6.45) is 0. The Morgan fingerprint density at radius 1 is 1.15 bits per heavy atom. The predicted octanol–water partition coefficient (Wildman–Crippen LogP) is 3.28. The Morgan fingerprint density at radius 2 is 1.85 bits per heavy atom. The molecular formula is C21H27N3O3. The van der Waals surface area contributed by atoms with Gasteiger partial charge < -0.3 is 25.0 Å². The lowest BCUT2D eigenvalue weighted by molar-refractivity contribution is -0.116. The number of nitrogens with one attached hydrogen (secondary N) is 2. The van der Waals surface area contributed by atoms with Crippen molar-refractivity contribution in [3.05, 3.63) is 48.0 Å². The summed E-state index contributed by atoms with van der Waals surface area (Å²) in [5.41, 5.74) is 3.83. The maximum atomic E-state index is 12.5. The van der Waals surface area contributed by atoms with Crippen LogP contribution < -0.4 is 20.3 Å². The molecule has 0 aromatic heterocycles. The van der Waals surface area contributed by atoms with Crippen molar-refractivity contribution in [2.45, 2.75) is 19.9 Å². The number of carbonyl (C=O) groups is 1. The Kier molecular flexibility index (Phi) is 6.19. The second-order valence-electron chi connectivity index (χ2n) is 6.71. The molecule has 1 amide bonds. The van der Waals surface area contributed by atoms with Crippen molar-refractivity contribution in [2.24, 2.45) is 0 Å². The topological polar surface area (TPSA) is 62.8 Å². The maximum Gasteiger partial charge on any atom is 0.246 e. The zero-order valence-electron chi connectivity index (χ0n) is 16.1. The van der Waals surface area contributed by atoms with Crippen LogP contribution in [-0.2, 0) is 9.53 Å². The largest absolute Gasteiger partial charge is 0.495 e. The van der Waals surface area contributed by atoms with Gasteiger partial charge in [0.05, 0.1) is 26.0 Å². The zero-order valence-corrected chi connectivity index (χ0v) is 16.1. The minimum atomic E-state index is -0.403. The second kappa shape index (κ2) is 8.77. The molecule has 0 spiro atoms. The van der Waals surface area contributed by atoms with Gasteiger partial charge in [0.2, 0.25) is 5.91 Å². The van der Waals surface area contributed by atoms with E-state index in [1.165, 1.54) is 0 Å². The molecule has 1 atom stereocenters. The summed E-state index contributed by atoms with van der Waals surface area (Å²) in [5.74, 6) is 0.618. The number of carbonyl (C=O) groups excluding carboxylic acids is 1. The Morgan fingerprint density at radius 3 is 2.52 bits per heavy atom. The van der Waals surface area contributed by atoms with Crippen LogP contribution >= 0.6 is 0 Å². The molecule has 2 N–H and O–H groups in total. The lowest BCUT2D eigenvalue weighted by atomic mass is 10.2. The molecule has 27 heavy (non-hydrogen) atoms. The summed E-state index contributed by atoms with van der Waals surface area (Å²) in [5, 5.41) is 6.18. The lowest BCUT2D eigenvalue weighted by Crippen LogP contribution is -2.36. The smallest absolute Gasteiger partial charge is 0.246 e. The number of ether oxygens (including phenoxy) is 2. The molecule has 2 aromatic carbocycles. The monoisotopic (exact) mass is 369 g/mol. The molecule has 1 saturated heterocycles. The van der Waals surface area contributed by atoms with Crippen molar-refractivity contribution >= 4 is 23.0 Å². The minimum absolute atomic E-state index is 0.0994. The first kappa shape index (κ1) is 19.0. The van der Waals surface area contributed by atoms with E-state index in [0.717, 1.165) is 54.7 Å². The van der Waals surface area contributed by atoms with Gasteiger partial charge in [-0.2, -0.15) is 0 Å². The van der Waals surface area contributed by atoms with E-state index in [0.29, 0.717) is 0 Å². The number of nitrogens with zero attached hydrogens (tertiary/aromatic N) is 1. The quantitative estimate of drug-likeness (QED) is 0.818. The molecule has 1 aliphatic heterocycles. The van der Waals surface area contributed by atoms with Crippen LogP contribution in [0.25, 0.3) is 0 Å². The molecule has 144 valence electrons. The average molecular weight is 369 g/mol. The number of hydrogen-bond acceptors (Lipinski definition) is 5. The first-order valence-electron chi connectivity index (χ1n) is 9.21. The fraction of sp³-hybridized carbons (Fsp3) is 0.381. The highest BCUT2D eigenvalue weighted by Crippen LogP contribution is 2.26. The molecule has 6 heteroatoms. The Balaban J connectivity index is 1.60. The summed E-state index contributed by atoms with van der Waals surface area (Å²) < 4.78 is 10.7. The highest BCUT2D eigenvalue weighted by Gasteiger charge is 2.16. The number of methoxy groups -OCH3 is 1. The standard InChI is InChI=1S/C21H27N3O3/c1-15-4-9-20(26-3)19(14-15)22-16(2)21(25)23-17-5-7-18(8-6-17)24-10-12-27-13-11-24/h4-9,14,16,22H,10-13H2,1-3H3,(H,23,25)/t16-/m1/s1. The number of anilines is 3. The van der Waals surface area contributed by atoms with E-state index in [1.807, 2.05) is 56.3 Å². The van der Waals surface area contributed by atoms with Crippen molar-refractivity contribution in [3.8, 4) is 5.75 Å². The van der Waals surface area contributed by atoms with Crippen molar-refractivity contribution in [3.63, 3.8) is 0 Å². The minimum Gasteiger partial charge on any atom is -0.495 e. The first-order chi connectivity index (χ1) is 13.1. The first-order valence-corrected chi connectivity index (χ1v) is 9.21. The van der Waals surface area contributed by atoms with Gasteiger partial charge in [-0.15, -0.1) is 0 Å². The molecule has 1 heterocycles. The predicted molar refractivity (Wildman–Crippen MR) is 109 cm³/mol. The number of rotatable bonds is 6. The average Bonchev–Trinajstić information content (AvgIpc) is 2.69. The molecule has 0 saturated carbocycles. The van der Waals surface area contributed by atoms with Crippen LogP contribution in [0.15, 0.2) is 42.5 Å². The highest BCUT2D eigenvalue weighted by atomic mass is 16.5. The van der Waals surface area contributed by atoms with E-state index in [1.54, 1.807) is 7.11 Å². The summed E-state index contributed by atoms with van der Waals surface area (Å²) in [6, 6.07) is 13.4. The molecule has 0 unspecified atom stereocenters.